The Bertz CT molecular complexity index is 962. The Hall–Kier alpha value is -2.66. The molecule has 1 fully saturated rings. The minimum Gasteiger partial charge on any atom is -0.334 e. The van der Waals surface area contributed by atoms with E-state index in [4.69, 9.17) is 16.1 Å². The molecule has 1 saturated heterocycles. The van der Waals surface area contributed by atoms with Gasteiger partial charge >= 0.3 is 0 Å². The average molecular weight is 368 g/mol. The minimum absolute atomic E-state index is 0.0217. The number of halogens is 1. The van der Waals surface area contributed by atoms with Crippen molar-refractivity contribution in [3.8, 4) is 11.5 Å². The summed E-state index contributed by atoms with van der Waals surface area (Å²) in [5.41, 5.74) is 3.72. The van der Waals surface area contributed by atoms with Crippen molar-refractivity contribution in [1.29, 1.82) is 0 Å². The first-order chi connectivity index (χ1) is 12.5. The number of hydrogen-bond acceptors (Lipinski definition) is 4. The van der Waals surface area contributed by atoms with Crippen LogP contribution in [0.25, 0.3) is 11.5 Å². The van der Waals surface area contributed by atoms with Crippen molar-refractivity contribution in [2.75, 3.05) is 11.4 Å². The van der Waals surface area contributed by atoms with Gasteiger partial charge in [-0.3, -0.25) is 4.79 Å². The number of amides is 1. The van der Waals surface area contributed by atoms with E-state index < -0.39 is 0 Å². The summed E-state index contributed by atoms with van der Waals surface area (Å²) in [5, 5.41) is 4.70. The molecule has 132 valence electrons. The van der Waals surface area contributed by atoms with Gasteiger partial charge in [-0.15, -0.1) is 0 Å². The van der Waals surface area contributed by atoms with Crippen LogP contribution in [0.5, 0.6) is 0 Å². The van der Waals surface area contributed by atoms with Crippen molar-refractivity contribution in [2.45, 2.75) is 26.2 Å². The second-order valence-electron chi connectivity index (χ2n) is 6.58. The molecule has 0 saturated carbocycles. The van der Waals surface area contributed by atoms with Crippen molar-refractivity contribution in [2.24, 2.45) is 0 Å². The molecule has 5 nitrogen and oxygen atoms in total. The van der Waals surface area contributed by atoms with Crippen LogP contribution in [0.1, 0.15) is 29.3 Å². The van der Waals surface area contributed by atoms with Gasteiger partial charge in [0, 0.05) is 24.4 Å². The van der Waals surface area contributed by atoms with Crippen LogP contribution >= 0.6 is 11.6 Å². The van der Waals surface area contributed by atoms with Crippen LogP contribution in [0.4, 0.5) is 5.69 Å². The van der Waals surface area contributed by atoms with Gasteiger partial charge in [0.25, 0.3) is 5.89 Å². The van der Waals surface area contributed by atoms with Crippen molar-refractivity contribution in [1.82, 2.24) is 10.1 Å². The standard InChI is InChI=1S/C20H18ClN3O2/c1-12-6-3-4-8-15(12)20-22-19(23-26-20)14-10-17(25)24(11-14)18-13(2)7-5-9-16(18)21/h3-9,14H,10-11H2,1-2H3. The lowest BCUT2D eigenvalue weighted by Crippen LogP contribution is -2.25. The highest BCUT2D eigenvalue weighted by Gasteiger charge is 2.36. The fraction of sp³-hybridized carbons (Fsp3) is 0.250. The normalized spacial score (nSPS) is 17.1. The number of benzene rings is 2. The lowest BCUT2D eigenvalue weighted by molar-refractivity contribution is -0.117. The Labute approximate surface area is 156 Å². The van der Waals surface area contributed by atoms with Gasteiger partial charge in [-0.25, -0.2) is 0 Å². The Kier molecular flexibility index (Phi) is 4.24. The topological polar surface area (TPSA) is 59.2 Å². The summed E-state index contributed by atoms with van der Waals surface area (Å²) in [6.07, 6.45) is 0.345. The number of carbonyl (C=O) groups is 1. The van der Waals surface area contributed by atoms with Crippen LogP contribution in [0.15, 0.2) is 47.0 Å². The van der Waals surface area contributed by atoms with Crippen molar-refractivity contribution >= 4 is 23.2 Å². The average Bonchev–Trinajstić information content (AvgIpc) is 3.23. The monoisotopic (exact) mass is 367 g/mol. The molecule has 0 bridgehead atoms. The zero-order chi connectivity index (χ0) is 18.3. The molecule has 1 atom stereocenters. The van der Waals surface area contributed by atoms with Crippen molar-refractivity contribution < 1.29 is 9.32 Å². The highest BCUT2D eigenvalue weighted by molar-refractivity contribution is 6.34. The van der Waals surface area contributed by atoms with E-state index >= 15 is 0 Å². The van der Waals surface area contributed by atoms with Gasteiger partial charge in [0.05, 0.1) is 10.7 Å². The van der Waals surface area contributed by atoms with E-state index in [0.29, 0.717) is 29.7 Å². The van der Waals surface area contributed by atoms with Crippen LogP contribution in [-0.2, 0) is 4.79 Å². The molecule has 6 heteroatoms. The molecule has 3 aromatic rings. The molecule has 1 unspecified atom stereocenters. The number of nitrogens with zero attached hydrogens (tertiary/aromatic N) is 3. The van der Waals surface area contributed by atoms with Crippen LogP contribution in [0.3, 0.4) is 0 Å². The fourth-order valence-corrected chi connectivity index (χ4v) is 3.71. The quantitative estimate of drug-likeness (QED) is 0.682. The Morgan fingerprint density at radius 2 is 1.88 bits per heavy atom. The van der Waals surface area contributed by atoms with E-state index in [0.717, 1.165) is 22.4 Å². The molecule has 1 amide bonds. The van der Waals surface area contributed by atoms with Crippen LogP contribution in [-0.4, -0.2) is 22.6 Å². The van der Waals surface area contributed by atoms with Gasteiger partial charge in [-0.2, -0.15) is 4.98 Å². The number of hydrogen-bond donors (Lipinski definition) is 0. The van der Waals surface area contributed by atoms with Crippen LogP contribution < -0.4 is 4.90 Å². The third-order valence-electron chi connectivity index (χ3n) is 4.77. The Morgan fingerprint density at radius 3 is 2.65 bits per heavy atom. The first-order valence-electron chi connectivity index (χ1n) is 8.49. The van der Waals surface area contributed by atoms with Gasteiger partial charge in [0.2, 0.25) is 5.91 Å². The Morgan fingerprint density at radius 1 is 1.12 bits per heavy atom. The number of rotatable bonds is 3. The minimum atomic E-state index is -0.111. The first-order valence-corrected chi connectivity index (χ1v) is 8.87. The van der Waals surface area contributed by atoms with Gasteiger partial charge in [0.1, 0.15) is 0 Å². The fourth-order valence-electron chi connectivity index (χ4n) is 3.38. The molecular weight excluding hydrogens is 350 g/mol. The van der Waals surface area contributed by atoms with E-state index in [1.54, 1.807) is 11.0 Å². The van der Waals surface area contributed by atoms with E-state index in [-0.39, 0.29) is 11.8 Å². The number of para-hydroxylation sites is 1. The summed E-state index contributed by atoms with van der Waals surface area (Å²) in [5.74, 6) is 0.954. The van der Waals surface area contributed by atoms with Gasteiger partial charge < -0.3 is 9.42 Å². The third-order valence-corrected chi connectivity index (χ3v) is 5.07. The summed E-state index contributed by atoms with van der Waals surface area (Å²) in [7, 11) is 0. The second kappa shape index (κ2) is 6.57. The number of carbonyl (C=O) groups excluding carboxylic acids is 1. The van der Waals surface area contributed by atoms with Gasteiger partial charge in [0.15, 0.2) is 5.82 Å². The van der Waals surface area contributed by atoms with Gasteiger partial charge in [-0.05, 0) is 37.1 Å². The largest absolute Gasteiger partial charge is 0.334 e. The van der Waals surface area contributed by atoms with Crippen molar-refractivity contribution in [3.63, 3.8) is 0 Å². The maximum absolute atomic E-state index is 12.6. The van der Waals surface area contributed by atoms with E-state index in [9.17, 15) is 4.79 Å². The molecular formula is C20H18ClN3O2. The highest BCUT2D eigenvalue weighted by atomic mass is 35.5. The molecule has 1 aliphatic heterocycles. The first kappa shape index (κ1) is 16.8. The summed E-state index contributed by atoms with van der Waals surface area (Å²) < 4.78 is 5.45. The summed E-state index contributed by atoms with van der Waals surface area (Å²) >= 11 is 6.33. The number of aryl methyl sites for hydroxylation is 2. The SMILES string of the molecule is Cc1ccccc1-c1nc(C2CC(=O)N(c3c(C)cccc3Cl)C2)no1. The lowest BCUT2D eigenvalue weighted by atomic mass is 10.1. The predicted octanol–water partition coefficient (Wildman–Crippen LogP) is 4.53. The Balaban J connectivity index is 1.61. The molecule has 2 aromatic carbocycles. The molecule has 1 aliphatic rings. The highest BCUT2D eigenvalue weighted by Crippen LogP contribution is 2.37. The van der Waals surface area contributed by atoms with Crippen molar-refractivity contribution in [3.05, 3.63) is 64.4 Å². The summed E-state index contributed by atoms with van der Waals surface area (Å²) in [6.45, 7) is 4.45. The molecule has 0 spiro atoms. The van der Waals surface area contributed by atoms with Crippen LogP contribution in [0.2, 0.25) is 5.02 Å². The molecule has 26 heavy (non-hydrogen) atoms. The van der Waals surface area contributed by atoms with E-state index in [1.165, 1.54) is 0 Å². The second-order valence-corrected chi connectivity index (χ2v) is 6.99. The van der Waals surface area contributed by atoms with Crippen LogP contribution in [0, 0.1) is 13.8 Å². The smallest absolute Gasteiger partial charge is 0.258 e. The molecule has 0 N–H and O–H groups in total. The molecule has 2 heterocycles. The maximum Gasteiger partial charge on any atom is 0.258 e. The predicted molar refractivity (Wildman–Crippen MR) is 100 cm³/mol. The summed E-state index contributed by atoms with van der Waals surface area (Å²) in [4.78, 5) is 18.8. The zero-order valence-corrected chi connectivity index (χ0v) is 15.3. The molecule has 4 rings (SSSR count). The maximum atomic E-state index is 12.6. The molecule has 0 radical (unpaired) electrons. The number of aromatic nitrogens is 2. The third kappa shape index (κ3) is 2.88. The zero-order valence-electron chi connectivity index (χ0n) is 14.6. The molecule has 0 aliphatic carbocycles. The molecule has 1 aromatic heterocycles. The number of anilines is 1. The summed E-state index contributed by atoms with van der Waals surface area (Å²) in [6, 6.07) is 13.5. The van der Waals surface area contributed by atoms with Gasteiger partial charge in [-0.1, -0.05) is 47.1 Å². The lowest BCUT2D eigenvalue weighted by Gasteiger charge is -2.20. The van der Waals surface area contributed by atoms with E-state index in [2.05, 4.69) is 10.1 Å². The van der Waals surface area contributed by atoms with E-state index in [1.807, 2.05) is 50.2 Å².